The van der Waals surface area contributed by atoms with Crippen LogP contribution in [0.4, 0.5) is 11.4 Å². The Morgan fingerprint density at radius 3 is 2.82 bits per heavy atom. The van der Waals surface area contributed by atoms with Crippen molar-refractivity contribution in [2.24, 2.45) is 0 Å². The number of nitrogen functional groups attached to an aromatic ring is 1. The van der Waals surface area contributed by atoms with E-state index in [-0.39, 0.29) is 11.3 Å². The summed E-state index contributed by atoms with van der Waals surface area (Å²) in [7, 11) is 1.89. The van der Waals surface area contributed by atoms with E-state index in [0.717, 1.165) is 5.69 Å². The summed E-state index contributed by atoms with van der Waals surface area (Å²) >= 11 is 0. The Hall–Kier alpha value is -1.75. The number of hydrogen-bond donors (Lipinski definition) is 2. The smallest absolute Gasteiger partial charge is 0.337 e. The molecule has 0 spiro atoms. The Morgan fingerprint density at radius 1 is 1.53 bits per heavy atom. The van der Waals surface area contributed by atoms with E-state index in [1.165, 1.54) is 0 Å². The maximum atomic E-state index is 10.9. The Balaban J connectivity index is 2.77. The van der Waals surface area contributed by atoms with Gasteiger partial charge in [0.15, 0.2) is 0 Å². The summed E-state index contributed by atoms with van der Waals surface area (Å²) in [5.41, 5.74) is 6.81. The first-order valence-electron chi connectivity index (χ1n) is 5.48. The molecule has 0 aliphatic carbocycles. The molecule has 0 bridgehead atoms. The number of ether oxygens (including phenoxy) is 1. The molecule has 5 nitrogen and oxygen atoms in total. The first-order chi connectivity index (χ1) is 8.06. The number of anilines is 2. The Morgan fingerprint density at radius 2 is 2.24 bits per heavy atom. The van der Waals surface area contributed by atoms with Crippen molar-refractivity contribution < 1.29 is 14.6 Å². The van der Waals surface area contributed by atoms with Crippen LogP contribution in [-0.2, 0) is 4.74 Å². The molecule has 1 rings (SSSR count). The van der Waals surface area contributed by atoms with Gasteiger partial charge in [0.05, 0.1) is 12.2 Å². The van der Waals surface area contributed by atoms with E-state index in [1.54, 1.807) is 18.2 Å². The van der Waals surface area contributed by atoms with Crippen LogP contribution in [0.25, 0.3) is 0 Å². The van der Waals surface area contributed by atoms with Gasteiger partial charge in [0.2, 0.25) is 0 Å². The molecule has 0 fully saturated rings. The first-order valence-corrected chi connectivity index (χ1v) is 5.48. The number of rotatable bonds is 6. The van der Waals surface area contributed by atoms with Crippen molar-refractivity contribution in [2.75, 3.05) is 37.4 Å². The van der Waals surface area contributed by atoms with Crippen LogP contribution >= 0.6 is 0 Å². The molecule has 0 saturated heterocycles. The highest BCUT2D eigenvalue weighted by molar-refractivity contribution is 5.94. The van der Waals surface area contributed by atoms with Gasteiger partial charge in [-0.15, -0.1) is 0 Å². The quantitative estimate of drug-likeness (QED) is 0.579. The highest BCUT2D eigenvalue weighted by atomic mass is 16.5. The topological polar surface area (TPSA) is 75.8 Å². The van der Waals surface area contributed by atoms with E-state index in [4.69, 9.17) is 15.6 Å². The molecule has 0 radical (unpaired) electrons. The average molecular weight is 238 g/mol. The lowest BCUT2D eigenvalue weighted by molar-refractivity contribution is 0.0698. The minimum atomic E-state index is -1.01. The van der Waals surface area contributed by atoms with E-state index in [9.17, 15) is 4.79 Å². The first kappa shape index (κ1) is 13.3. The van der Waals surface area contributed by atoms with Gasteiger partial charge in [-0.2, -0.15) is 0 Å². The van der Waals surface area contributed by atoms with Gasteiger partial charge in [0.1, 0.15) is 0 Å². The molecule has 0 saturated carbocycles. The number of hydrogen-bond acceptors (Lipinski definition) is 4. The fraction of sp³-hybridized carbons (Fsp3) is 0.417. The summed E-state index contributed by atoms with van der Waals surface area (Å²) < 4.78 is 5.24. The Labute approximate surface area is 101 Å². The molecule has 0 aliphatic heterocycles. The molecule has 0 aromatic heterocycles. The average Bonchev–Trinajstić information content (AvgIpc) is 2.29. The normalized spacial score (nSPS) is 10.2. The molecule has 1 aromatic carbocycles. The number of likely N-dealkylation sites (N-methyl/N-ethyl adjacent to an activating group) is 1. The number of carboxylic acid groups (broad SMARTS) is 1. The van der Waals surface area contributed by atoms with Crippen LogP contribution in [0.5, 0.6) is 0 Å². The van der Waals surface area contributed by atoms with Crippen LogP contribution in [0.3, 0.4) is 0 Å². The van der Waals surface area contributed by atoms with Crippen LogP contribution in [-0.4, -0.2) is 37.9 Å². The summed E-state index contributed by atoms with van der Waals surface area (Å²) in [6, 6.07) is 4.98. The lowest BCUT2D eigenvalue weighted by Crippen LogP contribution is -2.23. The molecular formula is C12H18N2O3. The van der Waals surface area contributed by atoms with Crippen LogP contribution in [0.2, 0.25) is 0 Å². The van der Waals surface area contributed by atoms with Gasteiger partial charge in [-0.05, 0) is 25.1 Å². The van der Waals surface area contributed by atoms with E-state index < -0.39 is 5.97 Å². The standard InChI is InChI=1S/C12H18N2O3/c1-3-17-7-6-14(2)9-4-5-11(13)10(8-9)12(15)16/h4-5,8H,3,6-7,13H2,1-2H3,(H,15,16). The molecule has 0 heterocycles. The van der Waals surface area contributed by atoms with E-state index in [2.05, 4.69) is 0 Å². The third-order valence-corrected chi connectivity index (χ3v) is 2.48. The molecule has 0 amide bonds. The summed E-state index contributed by atoms with van der Waals surface area (Å²) in [6.07, 6.45) is 0. The fourth-order valence-corrected chi connectivity index (χ4v) is 1.44. The van der Waals surface area contributed by atoms with Crippen LogP contribution in [0, 0.1) is 0 Å². The lowest BCUT2D eigenvalue weighted by Gasteiger charge is -2.19. The predicted molar refractivity (Wildman–Crippen MR) is 67.6 cm³/mol. The molecule has 3 N–H and O–H groups in total. The van der Waals surface area contributed by atoms with Gasteiger partial charge in [-0.25, -0.2) is 4.79 Å². The van der Waals surface area contributed by atoms with Crippen LogP contribution < -0.4 is 10.6 Å². The second-order valence-electron chi connectivity index (χ2n) is 3.70. The molecule has 17 heavy (non-hydrogen) atoms. The van der Waals surface area contributed by atoms with Gasteiger partial charge in [0, 0.05) is 31.6 Å². The zero-order chi connectivity index (χ0) is 12.8. The van der Waals surface area contributed by atoms with Gasteiger partial charge < -0.3 is 20.5 Å². The van der Waals surface area contributed by atoms with Crippen molar-refractivity contribution in [1.82, 2.24) is 0 Å². The van der Waals surface area contributed by atoms with Crippen molar-refractivity contribution in [3.8, 4) is 0 Å². The third-order valence-electron chi connectivity index (χ3n) is 2.48. The van der Waals surface area contributed by atoms with Crippen molar-refractivity contribution in [3.05, 3.63) is 23.8 Å². The highest BCUT2D eigenvalue weighted by Crippen LogP contribution is 2.20. The monoisotopic (exact) mass is 238 g/mol. The number of carboxylic acids is 1. The number of nitrogens with two attached hydrogens (primary N) is 1. The highest BCUT2D eigenvalue weighted by Gasteiger charge is 2.10. The maximum absolute atomic E-state index is 10.9. The number of benzene rings is 1. The summed E-state index contributed by atoms with van der Waals surface area (Å²) in [5, 5.41) is 8.96. The van der Waals surface area contributed by atoms with Gasteiger partial charge >= 0.3 is 5.97 Å². The van der Waals surface area contributed by atoms with Crippen LogP contribution in [0.15, 0.2) is 18.2 Å². The summed E-state index contributed by atoms with van der Waals surface area (Å²) in [4.78, 5) is 12.9. The third kappa shape index (κ3) is 3.64. The summed E-state index contributed by atoms with van der Waals surface area (Å²) in [5.74, 6) is -1.01. The molecular weight excluding hydrogens is 220 g/mol. The molecule has 1 aromatic rings. The Kier molecular flexibility index (Phi) is 4.78. The zero-order valence-corrected chi connectivity index (χ0v) is 10.1. The van der Waals surface area contributed by atoms with Crippen molar-refractivity contribution in [1.29, 1.82) is 0 Å². The van der Waals surface area contributed by atoms with Gasteiger partial charge in [0.25, 0.3) is 0 Å². The minimum Gasteiger partial charge on any atom is -0.478 e. The number of aromatic carboxylic acids is 1. The summed E-state index contributed by atoms with van der Waals surface area (Å²) in [6.45, 7) is 3.93. The fourth-order valence-electron chi connectivity index (χ4n) is 1.44. The second-order valence-corrected chi connectivity index (χ2v) is 3.70. The minimum absolute atomic E-state index is 0.130. The van der Waals surface area contributed by atoms with Gasteiger partial charge in [-0.3, -0.25) is 0 Å². The maximum Gasteiger partial charge on any atom is 0.337 e. The second kappa shape index (κ2) is 6.10. The van der Waals surface area contributed by atoms with Gasteiger partial charge in [-0.1, -0.05) is 0 Å². The number of nitrogens with zero attached hydrogens (tertiary/aromatic N) is 1. The Bertz CT molecular complexity index is 393. The largest absolute Gasteiger partial charge is 0.478 e. The van der Waals surface area contributed by atoms with E-state index in [1.807, 2.05) is 18.9 Å². The van der Waals surface area contributed by atoms with Crippen molar-refractivity contribution in [2.45, 2.75) is 6.92 Å². The lowest BCUT2D eigenvalue weighted by atomic mass is 10.1. The van der Waals surface area contributed by atoms with Crippen molar-refractivity contribution >= 4 is 17.3 Å². The predicted octanol–water partition coefficient (Wildman–Crippen LogP) is 1.44. The molecule has 94 valence electrons. The SMILES string of the molecule is CCOCCN(C)c1ccc(N)c(C(=O)O)c1. The molecule has 0 aliphatic rings. The van der Waals surface area contributed by atoms with E-state index in [0.29, 0.717) is 19.8 Å². The zero-order valence-electron chi connectivity index (χ0n) is 10.1. The number of carbonyl (C=O) groups is 1. The van der Waals surface area contributed by atoms with Crippen molar-refractivity contribution in [3.63, 3.8) is 0 Å². The molecule has 5 heteroatoms. The van der Waals surface area contributed by atoms with Crippen LogP contribution in [0.1, 0.15) is 17.3 Å². The molecule has 0 unspecified atom stereocenters. The van der Waals surface area contributed by atoms with E-state index >= 15 is 0 Å². The molecule has 0 atom stereocenters.